The molecule has 1 saturated carbocycles. The van der Waals surface area contributed by atoms with E-state index in [4.69, 9.17) is 10.6 Å². The van der Waals surface area contributed by atoms with E-state index >= 15 is 0 Å². The van der Waals surface area contributed by atoms with Gasteiger partial charge in [-0.2, -0.15) is 0 Å². The Morgan fingerprint density at radius 2 is 2.18 bits per heavy atom. The summed E-state index contributed by atoms with van der Waals surface area (Å²) in [7, 11) is 1.59. The van der Waals surface area contributed by atoms with Crippen molar-refractivity contribution in [3.8, 4) is 5.75 Å². The Hall–Kier alpha value is -1.13. The van der Waals surface area contributed by atoms with Crippen molar-refractivity contribution >= 4 is 0 Å². The van der Waals surface area contributed by atoms with Crippen molar-refractivity contribution in [2.24, 2.45) is 17.2 Å². The van der Waals surface area contributed by atoms with Crippen LogP contribution in [0.15, 0.2) is 18.2 Å². The van der Waals surface area contributed by atoms with E-state index < -0.39 is 0 Å². The van der Waals surface area contributed by atoms with Crippen LogP contribution in [-0.4, -0.2) is 7.11 Å². The van der Waals surface area contributed by atoms with Crippen molar-refractivity contribution in [2.45, 2.75) is 26.3 Å². The molecule has 2 atom stereocenters. The summed E-state index contributed by atoms with van der Waals surface area (Å²) in [6.45, 7) is 4.38. The first-order valence-corrected chi connectivity index (χ1v) is 5.79. The first-order valence-electron chi connectivity index (χ1n) is 5.79. The van der Waals surface area contributed by atoms with Gasteiger partial charge in [0.2, 0.25) is 0 Å². The predicted octanol–water partition coefficient (Wildman–Crippen LogP) is 2.38. The molecule has 1 aromatic carbocycles. The van der Waals surface area contributed by atoms with Gasteiger partial charge in [-0.1, -0.05) is 13.8 Å². The van der Waals surface area contributed by atoms with E-state index in [1.165, 1.54) is 12.1 Å². The first kappa shape index (κ1) is 12.3. The number of benzene rings is 1. The highest BCUT2D eigenvalue weighted by molar-refractivity contribution is 5.38. The maximum absolute atomic E-state index is 13.3. The van der Waals surface area contributed by atoms with Gasteiger partial charge < -0.3 is 4.74 Å². The second-order valence-corrected chi connectivity index (χ2v) is 5.33. The number of nitrogens with one attached hydrogen (secondary N) is 1. The molecule has 0 aromatic heterocycles. The minimum Gasteiger partial charge on any atom is -0.496 e. The second kappa shape index (κ2) is 4.27. The van der Waals surface area contributed by atoms with E-state index in [2.05, 4.69) is 19.3 Å². The Morgan fingerprint density at radius 1 is 1.53 bits per heavy atom. The van der Waals surface area contributed by atoms with Gasteiger partial charge in [0.05, 0.1) is 13.2 Å². The summed E-state index contributed by atoms with van der Waals surface area (Å²) in [4.78, 5) is 0. The van der Waals surface area contributed by atoms with Crippen molar-refractivity contribution in [3.05, 3.63) is 29.6 Å². The van der Waals surface area contributed by atoms with Crippen molar-refractivity contribution in [2.75, 3.05) is 7.11 Å². The molecular formula is C13H19FN2O. The van der Waals surface area contributed by atoms with Crippen LogP contribution in [0.1, 0.15) is 31.9 Å². The van der Waals surface area contributed by atoms with Gasteiger partial charge >= 0.3 is 0 Å². The van der Waals surface area contributed by atoms with Gasteiger partial charge in [-0.25, -0.2) is 4.39 Å². The molecule has 1 aromatic rings. The van der Waals surface area contributed by atoms with E-state index in [0.29, 0.717) is 11.7 Å². The molecule has 94 valence electrons. The third kappa shape index (κ3) is 2.28. The molecule has 1 aliphatic carbocycles. The lowest BCUT2D eigenvalue weighted by Gasteiger charge is -2.20. The van der Waals surface area contributed by atoms with Crippen molar-refractivity contribution < 1.29 is 9.13 Å². The van der Waals surface area contributed by atoms with E-state index in [9.17, 15) is 4.39 Å². The highest BCUT2D eigenvalue weighted by Crippen LogP contribution is 2.58. The van der Waals surface area contributed by atoms with E-state index in [-0.39, 0.29) is 17.3 Å². The number of rotatable bonds is 4. The molecule has 0 amide bonds. The monoisotopic (exact) mass is 238 g/mol. The summed E-state index contributed by atoms with van der Waals surface area (Å²) in [5.74, 6) is 6.45. The number of nitrogens with two attached hydrogens (primary N) is 1. The minimum atomic E-state index is -0.264. The van der Waals surface area contributed by atoms with Gasteiger partial charge in [-0.3, -0.25) is 11.3 Å². The Balaban J connectivity index is 2.33. The molecule has 2 unspecified atom stereocenters. The molecule has 0 radical (unpaired) electrons. The van der Waals surface area contributed by atoms with Crippen LogP contribution in [0.5, 0.6) is 5.75 Å². The first-order chi connectivity index (χ1) is 7.99. The molecule has 17 heavy (non-hydrogen) atoms. The van der Waals surface area contributed by atoms with E-state index in [0.717, 1.165) is 12.0 Å². The summed E-state index contributed by atoms with van der Waals surface area (Å²) in [5, 5.41) is 0. The predicted molar refractivity (Wildman–Crippen MR) is 64.9 cm³/mol. The summed E-state index contributed by atoms with van der Waals surface area (Å²) in [6.07, 6.45) is 1.08. The molecule has 1 fully saturated rings. The topological polar surface area (TPSA) is 47.3 Å². The lowest BCUT2D eigenvalue weighted by Crippen LogP contribution is -2.31. The molecule has 1 aliphatic rings. The van der Waals surface area contributed by atoms with Crippen LogP contribution in [0.3, 0.4) is 0 Å². The quantitative estimate of drug-likeness (QED) is 0.625. The zero-order valence-corrected chi connectivity index (χ0v) is 10.5. The fraction of sp³-hybridized carbons (Fsp3) is 0.538. The molecule has 3 N–H and O–H groups in total. The molecule has 3 nitrogen and oxygen atoms in total. The zero-order chi connectivity index (χ0) is 12.6. The van der Waals surface area contributed by atoms with E-state index in [1.54, 1.807) is 13.2 Å². The normalized spacial score (nSPS) is 23.2. The molecule has 0 heterocycles. The van der Waals surface area contributed by atoms with Crippen LogP contribution < -0.4 is 16.0 Å². The lowest BCUT2D eigenvalue weighted by molar-refractivity contribution is 0.375. The van der Waals surface area contributed by atoms with Gasteiger partial charge in [0.15, 0.2) is 0 Å². The molecular weight excluding hydrogens is 219 g/mol. The van der Waals surface area contributed by atoms with Crippen LogP contribution >= 0.6 is 0 Å². The van der Waals surface area contributed by atoms with Gasteiger partial charge in [-0.05, 0) is 36.0 Å². The Morgan fingerprint density at radius 3 is 2.65 bits per heavy atom. The summed E-state index contributed by atoms with van der Waals surface area (Å²) in [6, 6.07) is 4.48. The van der Waals surface area contributed by atoms with Crippen LogP contribution in [0.2, 0.25) is 0 Å². The number of hydrogen-bond acceptors (Lipinski definition) is 3. The average molecular weight is 238 g/mol. The Kier molecular flexibility index (Phi) is 3.10. The number of hydrazine groups is 1. The summed E-state index contributed by atoms with van der Waals surface area (Å²) in [5.41, 5.74) is 3.85. The molecule has 0 aliphatic heterocycles. The Bertz CT molecular complexity index is 420. The van der Waals surface area contributed by atoms with Crippen molar-refractivity contribution in [3.63, 3.8) is 0 Å². The minimum absolute atomic E-state index is 0.0596. The van der Waals surface area contributed by atoms with Crippen LogP contribution in [-0.2, 0) is 0 Å². The van der Waals surface area contributed by atoms with Crippen molar-refractivity contribution in [1.82, 2.24) is 5.43 Å². The number of ether oxygens (including phenoxy) is 1. The average Bonchev–Trinajstić information content (AvgIpc) is 2.89. The fourth-order valence-corrected chi connectivity index (χ4v) is 2.45. The third-order valence-electron chi connectivity index (χ3n) is 3.70. The molecule has 0 saturated heterocycles. The van der Waals surface area contributed by atoms with Crippen LogP contribution in [0, 0.1) is 17.2 Å². The molecule has 2 rings (SSSR count). The van der Waals surface area contributed by atoms with Gasteiger partial charge in [0.25, 0.3) is 0 Å². The SMILES string of the molecule is COc1ccc(F)cc1C(NN)C1CC1(C)C. The van der Waals surface area contributed by atoms with Gasteiger partial charge in [0, 0.05) is 5.56 Å². The van der Waals surface area contributed by atoms with Gasteiger partial charge in [-0.15, -0.1) is 0 Å². The standard InChI is InChI=1S/C13H19FN2O/c1-13(2)7-10(13)12(16-15)9-6-8(14)4-5-11(9)17-3/h4-6,10,12,16H,7,15H2,1-3H3. The van der Waals surface area contributed by atoms with Crippen molar-refractivity contribution in [1.29, 1.82) is 0 Å². The Labute approximate surface area is 101 Å². The third-order valence-corrected chi connectivity index (χ3v) is 3.70. The highest BCUT2D eigenvalue weighted by Gasteiger charge is 2.50. The lowest BCUT2D eigenvalue weighted by atomic mass is 9.96. The van der Waals surface area contributed by atoms with Crippen LogP contribution in [0.4, 0.5) is 4.39 Å². The highest BCUT2D eigenvalue weighted by atomic mass is 19.1. The summed E-state index contributed by atoms with van der Waals surface area (Å²) >= 11 is 0. The van der Waals surface area contributed by atoms with Crippen LogP contribution in [0.25, 0.3) is 0 Å². The number of hydrogen-bond donors (Lipinski definition) is 2. The fourth-order valence-electron chi connectivity index (χ4n) is 2.45. The molecule has 0 bridgehead atoms. The molecule has 4 heteroatoms. The number of methoxy groups -OCH3 is 1. The maximum Gasteiger partial charge on any atom is 0.123 e. The zero-order valence-electron chi connectivity index (χ0n) is 10.5. The van der Waals surface area contributed by atoms with Gasteiger partial charge in [0.1, 0.15) is 11.6 Å². The maximum atomic E-state index is 13.3. The largest absolute Gasteiger partial charge is 0.496 e. The second-order valence-electron chi connectivity index (χ2n) is 5.33. The number of halogens is 1. The smallest absolute Gasteiger partial charge is 0.123 e. The molecule has 0 spiro atoms. The van der Waals surface area contributed by atoms with E-state index in [1.807, 2.05) is 0 Å². The summed E-state index contributed by atoms with van der Waals surface area (Å²) < 4.78 is 18.6.